The van der Waals surface area contributed by atoms with Crippen LogP contribution in [0.3, 0.4) is 0 Å². The maximum absolute atomic E-state index is 11.8. The number of hydrogen-bond acceptors (Lipinski definition) is 4. The molecule has 0 spiro atoms. The third-order valence-electron chi connectivity index (χ3n) is 2.03. The Labute approximate surface area is 105 Å². The molecule has 0 aliphatic rings. The summed E-state index contributed by atoms with van der Waals surface area (Å²) in [6.07, 6.45) is 2.41. The predicted octanol–water partition coefficient (Wildman–Crippen LogP) is 1.41. The first-order valence-corrected chi connectivity index (χ1v) is 5.54. The van der Waals surface area contributed by atoms with Gasteiger partial charge in [-0.3, -0.25) is 4.79 Å². The number of nitrogens with one attached hydrogen (secondary N) is 2. The average molecular weight is 254 g/mol. The van der Waals surface area contributed by atoms with Crippen molar-refractivity contribution in [1.82, 2.24) is 10.3 Å². The third kappa shape index (κ3) is 4.12. The second kappa shape index (κ2) is 5.57. The number of amides is 1. The maximum atomic E-state index is 11.8. The van der Waals surface area contributed by atoms with E-state index in [1.165, 1.54) is 19.5 Å². The summed E-state index contributed by atoms with van der Waals surface area (Å²) in [5, 5.41) is 2.51. The van der Waals surface area contributed by atoms with Crippen LogP contribution in [-0.4, -0.2) is 23.8 Å². The number of methoxy groups -OCH3 is 1. The molecule has 6 nitrogen and oxygen atoms in total. The molecule has 0 fully saturated rings. The highest BCUT2D eigenvalue weighted by molar-refractivity contribution is 5.67. The minimum absolute atomic E-state index is 0.0848. The van der Waals surface area contributed by atoms with Crippen molar-refractivity contribution in [3.05, 3.63) is 28.2 Å². The molecule has 0 saturated heterocycles. The number of pyridine rings is 1. The minimum Gasteiger partial charge on any atom is -0.491 e. The van der Waals surface area contributed by atoms with Crippen molar-refractivity contribution in [3.8, 4) is 5.75 Å². The van der Waals surface area contributed by atoms with Crippen LogP contribution in [0.5, 0.6) is 5.75 Å². The maximum Gasteiger partial charge on any atom is 0.407 e. The molecule has 1 aromatic rings. The molecule has 1 heterocycles. The van der Waals surface area contributed by atoms with E-state index in [2.05, 4.69) is 10.3 Å². The SMILES string of the molecule is COc1c[nH]cc(CNC(=O)OC(C)(C)C)c1=O. The molecule has 0 atom stereocenters. The molecule has 0 radical (unpaired) electrons. The molecule has 1 aromatic heterocycles. The first kappa shape index (κ1) is 14.1. The van der Waals surface area contributed by atoms with Crippen LogP contribution in [0.4, 0.5) is 4.79 Å². The number of rotatable bonds is 3. The summed E-state index contributed by atoms with van der Waals surface area (Å²) in [6, 6.07) is 0. The Morgan fingerprint density at radius 1 is 1.39 bits per heavy atom. The number of carbonyl (C=O) groups excluding carboxylic acids is 1. The Morgan fingerprint density at radius 2 is 2.06 bits per heavy atom. The van der Waals surface area contributed by atoms with Crippen molar-refractivity contribution in [2.45, 2.75) is 32.9 Å². The summed E-state index contributed by atoms with van der Waals surface area (Å²) in [5.41, 5.74) is -0.419. The first-order valence-electron chi connectivity index (χ1n) is 5.54. The van der Waals surface area contributed by atoms with Gasteiger partial charge in [0.15, 0.2) is 5.75 Å². The number of H-pyrrole nitrogens is 1. The fraction of sp³-hybridized carbons (Fsp3) is 0.500. The zero-order valence-electron chi connectivity index (χ0n) is 11.0. The lowest BCUT2D eigenvalue weighted by atomic mass is 10.2. The number of aromatic amines is 1. The van der Waals surface area contributed by atoms with Crippen LogP contribution >= 0.6 is 0 Å². The quantitative estimate of drug-likeness (QED) is 0.854. The Kier molecular flexibility index (Phi) is 4.36. The number of aromatic nitrogens is 1. The highest BCUT2D eigenvalue weighted by Crippen LogP contribution is 2.07. The summed E-state index contributed by atoms with van der Waals surface area (Å²) in [4.78, 5) is 26.0. The number of hydrogen-bond donors (Lipinski definition) is 2. The van der Waals surface area contributed by atoms with Crippen LogP contribution in [0.1, 0.15) is 26.3 Å². The lowest BCUT2D eigenvalue weighted by Gasteiger charge is -2.19. The normalized spacial score (nSPS) is 10.9. The van der Waals surface area contributed by atoms with Gasteiger partial charge in [-0.25, -0.2) is 4.79 Å². The van der Waals surface area contributed by atoms with Crippen LogP contribution in [0, 0.1) is 0 Å². The van der Waals surface area contributed by atoms with Crippen molar-refractivity contribution in [2.24, 2.45) is 0 Å². The van der Waals surface area contributed by atoms with E-state index in [1.807, 2.05) is 0 Å². The van der Waals surface area contributed by atoms with E-state index >= 15 is 0 Å². The Balaban J connectivity index is 2.65. The molecule has 2 N–H and O–H groups in total. The second-order valence-corrected chi connectivity index (χ2v) is 4.73. The van der Waals surface area contributed by atoms with Gasteiger partial charge >= 0.3 is 6.09 Å². The van der Waals surface area contributed by atoms with Gasteiger partial charge in [-0.05, 0) is 20.8 Å². The van der Waals surface area contributed by atoms with Crippen molar-refractivity contribution in [3.63, 3.8) is 0 Å². The molecule has 0 aromatic carbocycles. The number of carbonyl (C=O) groups is 1. The first-order chi connectivity index (χ1) is 8.33. The van der Waals surface area contributed by atoms with Crippen molar-refractivity contribution in [1.29, 1.82) is 0 Å². The van der Waals surface area contributed by atoms with E-state index in [-0.39, 0.29) is 17.7 Å². The molecule has 0 unspecified atom stereocenters. The molecular formula is C12H18N2O4. The van der Waals surface area contributed by atoms with Gasteiger partial charge in [0.05, 0.1) is 13.7 Å². The molecule has 0 aliphatic heterocycles. The van der Waals surface area contributed by atoms with E-state index in [0.29, 0.717) is 5.56 Å². The van der Waals surface area contributed by atoms with Gasteiger partial charge in [0.1, 0.15) is 5.60 Å². The van der Waals surface area contributed by atoms with E-state index in [4.69, 9.17) is 9.47 Å². The molecular weight excluding hydrogens is 236 g/mol. The Morgan fingerprint density at radius 3 is 2.61 bits per heavy atom. The molecule has 0 aliphatic carbocycles. The fourth-order valence-electron chi connectivity index (χ4n) is 1.27. The van der Waals surface area contributed by atoms with E-state index < -0.39 is 11.7 Å². The zero-order chi connectivity index (χ0) is 13.8. The lowest BCUT2D eigenvalue weighted by Crippen LogP contribution is -2.33. The second-order valence-electron chi connectivity index (χ2n) is 4.73. The minimum atomic E-state index is -0.565. The highest BCUT2D eigenvalue weighted by Gasteiger charge is 2.16. The van der Waals surface area contributed by atoms with Crippen LogP contribution in [0.15, 0.2) is 17.2 Å². The summed E-state index contributed by atoms with van der Waals surface area (Å²) in [6.45, 7) is 5.39. The molecule has 1 amide bonds. The third-order valence-corrected chi connectivity index (χ3v) is 2.03. The molecule has 0 saturated carbocycles. The average Bonchev–Trinajstić information content (AvgIpc) is 2.25. The van der Waals surface area contributed by atoms with Crippen LogP contribution < -0.4 is 15.5 Å². The summed E-state index contributed by atoms with van der Waals surface area (Å²) < 4.78 is 9.95. The van der Waals surface area contributed by atoms with E-state index in [0.717, 1.165) is 0 Å². The van der Waals surface area contributed by atoms with Crippen molar-refractivity contribution in [2.75, 3.05) is 7.11 Å². The predicted molar refractivity (Wildman–Crippen MR) is 66.7 cm³/mol. The zero-order valence-corrected chi connectivity index (χ0v) is 11.0. The Hall–Kier alpha value is -1.98. The van der Waals surface area contributed by atoms with Gasteiger partial charge in [0.2, 0.25) is 5.43 Å². The summed E-state index contributed by atoms with van der Waals surface area (Å²) >= 11 is 0. The van der Waals surface area contributed by atoms with E-state index in [1.54, 1.807) is 20.8 Å². The fourth-order valence-corrected chi connectivity index (χ4v) is 1.27. The Bertz CT molecular complexity index is 474. The van der Waals surface area contributed by atoms with Crippen LogP contribution in [0.2, 0.25) is 0 Å². The van der Waals surface area contributed by atoms with Gasteiger partial charge in [0.25, 0.3) is 0 Å². The van der Waals surface area contributed by atoms with Gasteiger partial charge in [-0.1, -0.05) is 0 Å². The largest absolute Gasteiger partial charge is 0.491 e. The van der Waals surface area contributed by atoms with Gasteiger partial charge in [0, 0.05) is 18.0 Å². The van der Waals surface area contributed by atoms with Crippen LogP contribution in [-0.2, 0) is 11.3 Å². The monoisotopic (exact) mass is 254 g/mol. The molecule has 100 valence electrons. The standard InChI is InChI=1S/C12H18N2O4/c1-12(2,3)18-11(16)14-6-8-5-13-7-9(17-4)10(8)15/h5,7H,6H2,1-4H3,(H,13,15)(H,14,16). The van der Waals surface area contributed by atoms with Crippen molar-refractivity contribution < 1.29 is 14.3 Å². The topological polar surface area (TPSA) is 80.4 Å². The molecule has 18 heavy (non-hydrogen) atoms. The number of ether oxygens (including phenoxy) is 2. The van der Waals surface area contributed by atoms with E-state index in [9.17, 15) is 9.59 Å². The highest BCUT2D eigenvalue weighted by atomic mass is 16.6. The van der Waals surface area contributed by atoms with Gasteiger partial charge in [-0.15, -0.1) is 0 Å². The lowest BCUT2D eigenvalue weighted by molar-refractivity contribution is 0.0523. The van der Waals surface area contributed by atoms with Crippen molar-refractivity contribution >= 4 is 6.09 Å². The summed E-state index contributed by atoms with van der Waals surface area (Å²) in [5.74, 6) is 0.207. The molecule has 0 bridgehead atoms. The van der Waals surface area contributed by atoms with Gasteiger partial charge < -0.3 is 19.8 Å². The molecule has 6 heteroatoms. The number of alkyl carbamates (subject to hydrolysis) is 1. The smallest absolute Gasteiger partial charge is 0.407 e. The van der Waals surface area contributed by atoms with Crippen LogP contribution in [0.25, 0.3) is 0 Å². The van der Waals surface area contributed by atoms with Gasteiger partial charge in [-0.2, -0.15) is 0 Å². The summed E-state index contributed by atoms with van der Waals surface area (Å²) in [7, 11) is 1.41. The molecule has 1 rings (SSSR count).